The first-order valence-corrected chi connectivity index (χ1v) is 9.38. The summed E-state index contributed by atoms with van der Waals surface area (Å²) in [5, 5.41) is 2.91. The maximum atomic E-state index is 12.4. The summed E-state index contributed by atoms with van der Waals surface area (Å²) >= 11 is 0. The number of benzene rings is 1. The van der Waals surface area contributed by atoms with E-state index < -0.39 is 18.5 Å². The van der Waals surface area contributed by atoms with Crippen LogP contribution in [0.15, 0.2) is 30.5 Å². The molecule has 1 aromatic heterocycles. The fraction of sp³-hybridized carbons (Fsp3) is 0.409. The molecule has 0 aliphatic carbocycles. The molecule has 28 heavy (non-hydrogen) atoms. The van der Waals surface area contributed by atoms with Gasteiger partial charge in [-0.3, -0.25) is 9.59 Å². The van der Waals surface area contributed by atoms with Crippen LogP contribution in [-0.4, -0.2) is 28.8 Å². The number of esters is 1. The number of carbonyl (C=O) groups excluding carboxylic acids is 3. The number of nitrogens with zero attached hydrogens (tertiary/aromatic N) is 1. The van der Waals surface area contributed by atoms with Gasteiger partial charge in [-0.2, -0.15) is 0 Å². The Morgan fingerprint density at radius 1 is 1.07 bits per heavy atom. The lowest BCUT2D eigenvalue weighted by atomic mass is 9.92. The number of nitrogens with one attached hydrogen (secondary N) is 1. The van der Waals surface area contributed by atoms with E-state index >= 15 is 0 Å². The molecule has 6 nitrogen and oxygen atoms in total. The number of anilines is 1. The van der Waals surface area contributed by atoms with Crippen molar-refractivity contribution in [2.45, 2.75) is 46.5 Å². The molecule has 0 aliphatic rings. The van der Waals surface area contributed by atoms with Gasteiger partial charge in [-0.05, 0) is 36.0 Å². The number of hydrogen-bond donors (Lipinski definition) is 1. The van der Waals surface area contributed by atoms with Crippen LogP contribution in [0, 0.1) is 0 Å². The van der Waals surface area contributed by atoms with Gasteiger partial charge < -0.3 is 14.6 Å². The summed E-state index contributed by atoms with van der Waals surface area (Å²) in [7, 11) is 1.65. The molecule has 0 spiro atoms. The second-order valence-corrected chi connectivity index (χ2v) is 7.53. The molecule has 6 heteroatoms. The third kappa shape index (κ3) is 4.88. The first kappa shape index (κ1) is 21.4. The Balaban J connectivity index is 2.11. The zero-order valence-corrected chi connectivity index (χ0v) is 17.3. The Labute approximate surface area is 165 Å². The first-order chi connectivity index (χ1) is 13.1. The van der Waals surface area contributed by atoms with Crippen molar-refractivity contribution in [3.63, 3.8) is 0 Å². The van der Waals surface area contributed by atoms with E-state index in [1.165, 1.54) is 17.6 Å². The van der Waals surface area contributed by atoms with Gasteiger partial charge in [0.05, 0.1) is 0 Å². The van der Waals surface area contributed by atoms with Crippen molar-refractivity contribution in [1.29, 1.82) is 0 Å². The molecule has 1 aromatic carbocycles. The maximum absolute atomic E-state index is 12.4. The number of hydrogen-bond acceptors (Lipinski definition) is 4. The zero-order valence-electron chi connectivity index (χ0n) is 17.3. The molecule has 0 saturated carbocycles. The van der Waals surface area contributed by atoms with Gasteiger partial charge in [0.25, 0.3) is 5.91 Å². The molecule has 0 fully saturated rings. The summed E-state index contributed by atoms with van der Waals surface area (Å²) in [4.78, 5) is 36.2. The molecule has 0 atom stereocenters. The molecule has 150 valence electrons. The van der Waals surface area contributed by atoms with Gasteiger partial charge in [-0.25, -0.2) is 4.79 Å². The Morgan fingerprint density at radius 2 is 1.64 bits per heavy atom. The van der Waals surface area contributed by atoms with Gasteiger partial charge in [-0.15, -0.1) is 0 Å². The summed E-state index contributed by atoms with van der Waals surface area (Å²) in [5.41, 5.74) is 3.51. The number of ketones is 1. The predicted molar refractivity (Wildman–Crippen MR) is 109 cm³/mol. The number of rotatable bonds is 7. The van der Waals surface area contributed by atoms with E-state index in [2.05, 4.69) is 33.0 Å². The number of Topliss-reactive ketones (excluding diaryl/α,β-unsaturated/α-hetero) is 1. The van der Waals surface area contributed by atoms with Gasteiger partial charge in [0, 0.05) is 24.5 Å². The molecule has 0 unspecified atom stereocenters. The SMILES string of the molecule is CC(=O)c1cc(C(=O)OCC(=O)Nc2c(C(C)C)cccc2C(C)C)n(C)c1. The molecule has 1 N–H and O–H groups in total. The molecule has 1 amide bonds. The zero-order chi connectivity index (χ0) is 21.0. The fourth-order valence-corrected chi connectivity index (χ4v) is 3.04. The number of aromatic nitrogens is 1. The molecule has 0 radical (unpaired) electrons. The quantitative estimate of drug-likeness (QED) is 0.571. The van der Waals surface area contributed by atoms with Gasteiger partial charge in [0.15, 0.2) is 12.4 Å². The van der Waals surface area contributed by atoms with Crippen LogP contribution in [0.1, 0.15) is 78.4 Å². The Hall–Kier alpha value is -2.89. The Morgan fingerprint density at radius 3 is 2.11 bits per heavy atom. The first-order valence-electron chi connectivity index (χ1n) is 9.38. The van der Waals surface area contributed by atoms with Crippen molar-refractivity contribution in [3.8, 4) is 0 Å². The average Bonchev–Trinajstić information content (AvgIpc) is 3.01. The van der Waals surface area contributed by atoms with E-state index in [0.29, 0.717) is 5.56 Å². The normalized spacial score (nSPS) is 11.0. The minimum Gasteiger partial charge on any atom is -0.451 e. The third-order valence-corrected chi connectivity index (χ3v) is 4.59. The molecular weight excluding hydrogens is 356 g/mol. The van der Waals surface area contributed by atoms with Crippen molar-refractivity contribution >= 4 is 23.3 Å². The smallest absolute Gasteiger partial charge is 0.355 e. The van der Waals surface area contributed by atoms with Crippen LogP contribution in [0.5, 0.6) is 0 Å². The van der Waals surface area contributed by atoms with Crippen LogP contribution in [0.2, 0.25) is 0 Å². The van der Waals surface area contributed by atoms with Crippen LogP contribution in [0.3, 0.4) is 0 Å². The van der Waals surface area contributed by atoms with Crippen LogP contribution in [0.4, 0.5) is 5.69 Å². The highest BCUT2D eigenvalue weighted by Crippen LogP contribution is 2.32. The number of amides is 1. The van der Waals surface area contributed by atoms with Crippen molar-refractivity contribution in [3.05, 3.63) is 52.8 Å². The number of carbonyl (C=O) groups is 3. The van der Waals surface area contributed by atoms with Gasteiger partial charge in [-0.1, -0.05) is 45.9 Å². The molecule has 0 aliphatic heterocycles. The number of ether oxygens (including phenoxy) is 1. The molecule has 1 heterocycles. The van der Waals surface area contributed by atoms with E-state index in [9.17, 15) is 14.4 Å². The number of para-hydroxylation sites is 1. The summed E-state index contributed by atoms with van der Waals surface area (Å²) in [5.74, 6) is -0.704. The van der Waals surface area contributed by atoms with E-state index in [0.717, 1.165) is 16.8 Å². The lowest BCUT2D eigenvalue weighted by Gasteiger charge is -2.20. The van der Waals surface area contributed by atoms with Crippen molar-refractivity contribution in [1.82, 2.24) is 4.57 Å². The van der Waals surface area contributed by atoms with E-state index in [-0.39, 0.29) is 23.3 Å². The lowest BCUT2D eigenvalue weighted by molar-refractivity contribution is -0.119. The monoisotopic (exact) mass is 384 g/mol. The van der Waals surface area contributed by atoms with Gasteiger partial charge in [0.2, 0.25) is 0 Å². The Kier molecular flexibility index (Phi) is 6.78. The minimum atomic E-state index is -0.647. The van der Waals surface area contributed by atoms with Crippen LogP contribution in [-0.2, 0) is 16.6 Å². The minimum absolute atomic E-state index is 0.140. The summed E-state index contributed by atoms with van der Waals surface area (Å²) in [6, 6.07) is 7.44. The van der Waals surface area contributed by atoms with Crippen molar-refractivity contribution < 1.29 is 19.1 Å². The molecule has 0 saturated heterocycles. The molecule has 2 aromatic rings. The summed E-state index contributed by atoms with van der Waals surface area (Å²) in [6.45, 7) is 9.29. The van der Waals surface area contributed by atoms with Crippen LogP contribution in [0.25, 0.3) is 0 Å². The second kappa shape index (κ2) is 8.87. The van der Waals surface area contributed by atoms with E-state index in [1.807, 2.05) is 18.2 Å². The van der Waals surface area contributed by atoms with Gasteiger partial charge >= 0.3 is 5.97 Å². The predicted octanol–water partition coefficient (Wildman–Crippen LogP) is 4.27. The standard InChI is InChI=1S/C22H28N2O4/c1-13(2)17-8-7-9-18(14(3)4)21(17)23-20(26)12-28-22(27)19-10-16(15(5)25)11-24(19)6/h7-11,13-14H,12H2,1-6H3,(H,23,26). The molecule has 0 bridgehead atoms. The second-order valence-electron chi connectivity index (χ2n) is 7.53. The lowest BCUT2D eigenvalue weighted by Crippen LogP contribution is -2.23. The van der Waals surface area contributed by atoms with Crippen LogP contribution < -0.4 is 5.32 Å². The highest BCUT2D eigenvalue weighted by atomic mass is 16.5. The molecular formula is C22H28N2O4. The highest BCUT2D eigenvalue weighted by molar-refractivity contribution is 5.99. The number of aryl methyl sites for hydroxylation is 1. The van der Waals surface area contributed by atoms with E-state index in [1.54, 1.807) is 13.2 Å². The summed E-state index contributed by atoms with van der Waals surface area (Å²) < 4.78 is 6.67. The summed E-state index contributed by atoms with van der Waals surface area (Å²) in [6.07, 6.45) is 1.56. The Bertz CT molecular complexity index is 868. The third-order valence-electron chi connectivity index (χ3n) is 4.59. The van der Waals surface area contributed by atoms with Crippen molar-refractivity contribution in [2.75, 3.05) is 11.9 Å². The average molecular weight is 384 g/mol. The largest absolute Gasteiger partial charge is 0.451 e. The topological polar surface area (TPSA) is 77.4 Å². The van der Waals surface area contributed by atoms with Gasteiger partial charge in [0.1, 0.15) is 5.69 Å². The van der Waals surface area contributed by atoms with E-state index in [4.69, 9.17) is 4.74 Å². The highest BCUT2D eigenvalue weighted by Gasteiger charge is 2.19. The molecule has 2 rings (SSSR count). The fourth-order valence-electron chi connectivity index (χ4n) is 3.04. The van der Waals surface area contributed by atoms with Crippen LogP contribution >= 0.6 is 0 Å². The van der Waals surface area contributed by atoms with Crippen molar-refractivity contribution in [2.24, 2.45) is 7.05 Å². The maximum Gasteiger partial charge on any atom is 0.355 e.